The molecule has 0 spiro atoms. The summed E-state index contributed by atoms with van der Waals surface area (Å²) in [7, 11) is 1.57. The van der Waals surface area contributed by atoms with Gasteiger partial charge in [0.15, 0.2) is 0 Å². The summed E-state index contributed by atoms with van der Waals surface area (Å²) in [4.78, 5) is 5.78. The fourth-order valence-corrected chi connectivity index (χ4v) is 1.71. The number of aryl methyl sites for hydroxylation is 1. The molecule has 0 aliphatic rings. The van der Waals surface area contributed by atoms with Gasteiger partial charge in [0.05, 0.1) is 13.0 Å². The first-order valence-electron chi connectivity index (χ1n) is 6.24. The first kappa shape index (κ1) is 15.8. The standard InChI is InChI=1S/C13H19F3N2O/c1-3-4-11-7-10(9-19)8-12(17-11)18(2)6-5-13(14,15)16/h7-8,19H,3-6,9H2,1-2H3. The Morgan fingerprint density at radius 3 is 2.53 bits per heavy atom. The van der Waals surface area contributed by atoms with Crippen molar-refractivity contribution in [2.45, 2.75) is 39.0 Å². The maximum Gasteiger partial charge on any atom is 0.390 e. The molecular weight excluding hydrogens is 257 g/mol. The minimum absolute atomic E-state index is 0.140. The number of alkyl halides is 3. The van der Waals surface area contributed by atoms with Crippen LogP contribution in [0, 0.1) is 0 Å². The van der Waals surface area contributed by atoms with Crippen molar-refractivity contribution in [1.82, 2.24) is 4.98 Å². The van der Waals surface area contributed by atoms with E-state index in [1.165, 1.54) is 4.90 Å². The Morgan fingerprint density at radius 1 is 1.32 bits per heavy atom. The van der Waals surface area contributed by atoms with Crippen LogP contribution in [-0.4, -0.2) is 29.9 Å². The van der Waals surface area contributed by atoms with Gasteiger partial charge in [0.1, 0.15) is 5.82 Å². The van der Waals surface area contributed by atoms with Gasteiger partial charge < -0.3 is 10.0 Å². The number of anilines is 1. The highest BCUT2D eigenvalue weighted by Gasteiger charge is 2.27. The smallest absolute Gasteiger partial charge is 0.390 e. The average molecular weight is 276 g/mol. The Morgan fingerprint density at radius 2 is 2.00 bits per heavy atom. The second-order valence-electron chi connectivity index (χ2n) is 4.52. The van der Waals surface area contributed by atoms with E-state index in [9.17, 15) is 13.2 Å². The zero-order chi connectivity index (χ0) is 14.5. The predicted molar refractivity (Wildman–Crippen MR) is 68.1 cm³/mol. The Kier molecular flexibility index (Phi) is 5.60. The molecule has 3 nitrogen and oxygen atoms in total. The van der Waals surface area contributed by atoms with Crippen molar-refractivity contribution >= 4 is 5.82 Å². The van der Waals surface area contributed by atoms with Gasteiger partial charge in [0, 0.05) is 19.3 Å². The Balaban J connectivity index is 2.82. The van der Waals surface area contributed by atoms with Crippen LogP contribution in [-0.2, 0) is 13.0 Å². The van der Waals surface area contributed by atoms with Gasteiger partial charge in [-0.15, -0.1) is 0 Å². The van der Waals surface area contributed by atoms with Crippen molar-refractivity contribution in [2.24, 2.45) is 0 Å². The van der Waals surface area contributed by atoms with Crippen molar-refractivity contribution in [3.8, 4) is 0 Å². The topological polar surface area (TPSA) is 36.4 Å². The quantitative estimate of drug-likeness (QED) is 0.868. The van der Waals surface area contributed by atoms with Gasteiger partial charge >= 0.3 is 6.18 Å². The van der Waals surface area contributed by atoms with Gasteiger partial charge in [-0.1, -0.05) is 13.3 Å². The first-order valence-corrected chi connectivity index (χ1v) is 6.24. The van der Waals surface area contributed by atoms with E-state index in [1.54, 1.807) is 19.2 Å². The lowest BCUT2D eigenvalue weighted by Crippen LogP contribution is -2.25. The van der Waals surface area contributed by atoms with E-state index in [2.05, 4.69) is 4.98 Å². The van der Waals surface area contributed by atoms with E-state index >= 15 is 0 Å². The molecule has 1 rings (SSSR count). The molecule has 0 unspecified atom stereocenters. The van der Waals surface area contributed by atoms with Crippen LogP contribution in [0.5, 0.6) is 0 Å². The summed E-state index contributed by atoms with van der Waals surface area (Å²) in [5.41, 5.74) is 1.47. The molecule has 0 saturated carbocycles. The summed E-state index contributed by atoms with van der Waals surface area (Å²) in [5.74, 6) is 0.472. The molecule has 0 aliphatic heterocycles. The molecule has 6 heteroatoms. The Hall–Kier alpha value is -1.30. The summed E-state index contributed by atoms with van der Waals surface area (Å²) in [6.07, 6.45) is -3.41. The summed E-state index contributed by atoms with van der Waals surface area (Å²) >= 11 is 0. The van der Waals surface area contributed by atoms with Gasteiger partial charge in [-0.25, -0.2) is 4.98 Å². The summed E-state index contributed by atoms with van der Waals surface area (Å²) in [5, 5.41) is 9.17. The molecule has 0 aromatic carbocycles. The predicted octanol–water partition coefficient (Wildman–Crippen LogP) is 2.92. The number of rotatable bonds is 6. The average Bonchev–Trinajstić information content (AvgIpc) is 2.35. The maximum atomic E-state index is 12.2. The van der Waals surface area contributed by atoms with Crippen LogP contribution in [0.3, 0.4) is 0 Å². The van der Waals surface area contributed by atoms with E-state index < -0.39 is 12.6 Å². The van der Waals surface area contributed by atoms with Crippen LogP contribution in [0.15, 0.2) is 12.1 Å². The normalized spacial score (nSPS) is 11.7. The minimum Gasteiger partial charge on any atom is -0.392 e. The fourth-order valence-electron chi connectivity index (χ4n) is 1.71. The number of aliphatic hydroxyl groups is 1. The highest BCUT2D eigenvalue weighted by atomic mass is 19.4. The lowest BCUT2D eigenvalue weighted by atomic mass is 10.1. The van der Waals surface area contributed by atoms with Crippen LogP contribution < -0.4 is 4.90 Å². The number of halogens is 3. The second-order valence-corrected chi connectivity index (χ2v) is 4.52. The molecule has 0 saturated heterocycles. The molecule has 1 heterocycles. The second kappa shape index (κ2) is 6.75. The van der Waals surface area contributed by atoms with E-state index in [4.69, 9.17) is 5.11 Å². The Labute approximate surface area is 111 Å². The number of aromatic nitrogens is 1. The fraction of sp³-hybridized carbons (Fsp3) is 0.615. The van der Waals surface area contributed by atoms with Gasteiger partial charge in [-0.05, 0) is 24.1 Å². The molecule has 1 aromatic heterocycles. The number of hydrogen-bond donors (Lipinski definition) is 1. The third-order valence-electron chi connectivity index (χ3n) is 2.74. The molecule has 19 heavy (non-hydrogen) atoms. The van der Waals surface area contributed by atoms with Gasteiger partial charge in [-0.2, -0.15) is 13.2 Å². The molecule has 0 fully saturated rings. The van der Waals surface area contributed by atoms with Crippen LogP contribution >= 0.6 is 0 Å². The van der Waals surface area contributed by atoms with E-state index in [0.717, 1.165) is 18.5 Å². The van der Waals surface area contributed by atoms with Crippen molar-refractivity contribution in [1.29, 1.82) is 0 Å². The number of aliphatic hydroxyl groups excluding tert-OH is 1. The van der Waals surface area contributed by atoms with Gasteiger partial charge in [0.2, 0.25) is 0 Å². The van der Waals surface area contributed by atoms with Crippen LogP contribution in [0.25, 0.3) is 0 Å². The highest BCUT2D eigenvalue weighted by molar-refractivity contribution is 5.42. The molecule has 0 atom stereocenters. The van der Waals surface area contributed by atoms with Crippen molar-refractivity contribution in [2.75, 3.05) is 18.5 Å². The molecule has 0 bridgehead atoms. The zero-order valence-electron chi connectivity index (χ0n) is 11.2. The molecule has 0 radical (unpaired) electrons. The SMILES string of the molecule is CCCc1cc(CO)cc(N(C)CCC(F)(F)F)n1. The Bertz CT molecular complexity index is 407. The van der Waals surface area contributed by atoms with Gasteiger partial charge in [-0.3, -0.25) is 0 Å². The largest absolute Gasteiger partial charge is 0.392 e. The summed E-state index contributed by atoms with van der Waals surface area (Å²) in [6, 6.07) is 3.40. The lowest BCUT2D eigenvalue weighted by molar-refractivity contribution is -0.132. The molecule has 1 aromatic rings. The molecule has 1 N–H and O–H groups in total. The van der Waals surface area contributed by atoms with Crippen molar-refractivity contribution in [3.63, 3.8) is 0 Å². The van der Waals surface area contributed by atoms with E-state index in [1.807, 2.05) is 6.92 Å². The van der Waals surface area contributed by atoms with E-state index in [-0.39, 0.29) is 13.2 Å². The molecule has 0 aliphatic carbocycles. The summed E-state index contributed by atoms with van der Waals surface area (Å²) < 4.78 is 36.6. The number of hydrogen-bond acceptors (Lipinski definition) is 3. The number of nitrogens with zero attached hydrogens (tertiary/aromatic N) is 2. The van der Waals surface area contributed by atoms with Crippen molar-refractivity contribution in [3.05, 3.63) is 23.4 Å². The third-order valence-corrected chi connectivity index (χ3v) is 2.74. The molecular formula is C13H19F3N2O. The first-order chi connectivity index (χ1) is 8.85. The highest BCUT2D eigenvalue weighted by Crippen LogP contribution is 2.22. The monoisotopic (exact) mass is 276 g/mol. The van der Waals surface area contributed by atoms with Crippen LogP contribution in [0.1, 0.15) is 31.0 Å². The third kappa shape index (κ3) is 5.46. The molecule has 0 amide bonds. The van der Waals surface area contributed by atoms with Gasteiger partial charge in [0.25, 0.3) is 0 Å². The van der Waals surface area contributed by atoms with Crippen molar-refractivity contribution < 1.29 is 18.3 Å². The summed E-state index contributed by atoms with van der Waals surface area (Å²) in [6.45, 7) is 1.72. The number of pyridine rings is 1. The van der Waals surface area contributed by atoms with Crippen LogP contribution in [0.2, 0.25) is 0 Å². The van der Waals surface area contributed by atoms with E-state index in [0.29, 0.717) is 11.4 Å². The minimum atomic E-state index is -4.17. The van der Waals surface area contributed by atoms with Crippen LogP contribution in [0.4, 0.5) is 19.0 Å². The zero-order valence-corrected chi connectivity index (χ0v) is 11.2. The molecule has 108 valence electrons. The lowest BCUT2D eigenvalue weighted by Gasteiger charge is -2.20. The maximum absolute atomic E-state index is 12.2.